The molecule has 11 N–H and O–H groups in total. The number of nitrogens with two attached hydrogens (primary N) is 3. The van der Waals surface area contributed by atoms with E-state index in [1.807, 2.05) is 0 Å². The summed E-state index contributed by atoms with van der Waals surface area (Å²) in [6.07, 6.45) is 2.48. The number of rotatable bonds is 16. The Bertz CT molecular complexity index is 848. The van der Waals surface area contributed by atoms with Gasteiger partial charge in [-0.05, 0) is 55.8 Å². The van der Waals surface area contributed by atoms with Gasteiger partial charge < -0.3 is 43.6 Å². The largest absolute Gasteiger partial charge is 0.392 e. The highest BCUT2D eigenvalue weighted by molar-refractivity contribution is 5.98. The van der Waals surface area contributed by atoms with Crippen molar-refractivity contribution in [1.82, 2.24) is 16.0 Å². The number of unbranched alkanes of at least 4 members (excludes halogenated alkanes) is 1. The minimum atomic E-state index is -0.943. The molecule has 0 spiro atoms. The second kappa shape index (κ2) is 16.5. The molecule has 0 aliphatic carbocycles. The van der Waals surface area contributed by atoms with Crippen LogP contribution in [0.5, 0.6) is 0 Å². The van der Waals surface area contributed by atoms with E-state index >= 15 is 0 Å². The van der Waals surface area contributed by atoms with Gasteiger partial charge in [-0.15, -0.1) is 0 Å². The highest BCUT2D eigenvalue weighted by atomic mass is 16.3. The van der Waals surface area contributed by atoms with Gasteiger partial charge in [0.15, 0.2) is 0 Å². The van der Waals surface area contributed by atoms with Crippen LogP contribution in [0.4, 0.5) is 10.5 Å². The van der Waals surface area contributed by atoms with E-state index in [4.69, 9.17) is 17.2 Å². The molecular weight excluding hydrogens is 466 g/mol. The Kier molecular flexibility index (Phi) is 14.1. The maximum atomic E-state index is 13.1. The molecule has 0 aromatic heterocycles. The lowest BCUT2D eigenvalue weighted by Crippen LogP contribution is -2.56. The average Bonchev–Trinajstić information content (AvgIpc) is 2.84. The Morgan fingerprint density at radius 1 is 0.917 bits per heavy atom. The van der Waals surface area contributed by atoms with E-state index in [0.29, 0.717) is 37.1 Å². The molecule has 0 bridgehead atoms. The molecule has 1 aromatic carbocycles. The third-order valence-electron chi connectivity index (χ3n) is 5.56. The fourth-order valence-corrected chi connectivity index (χ4v) is 3.41. The Labute approximate surface area is 212 Å². The third-order valence-corrected chi connectivity index (χ3v) is 5.56. The Hall–Kier alpha value is -3.22. The molecule has 12 nitrogen and oxygen atoms in total. The number of carbonyl (C=O) groups is 4. The maximum absolute atomic E-state index is 13.1. The second-order valence-electron chi connectivity index (χ2n) is 8.96. The van der Waals surface area contributed by atoms with Crippen LogP contribution in [-0.4, -0.2) is 60.1 Å². The molecule has 0 radical (unpaired) electrons. The molecule has 0 aliphatic rings. The topological polar surface area (TPSA) is 215 Å². The highest BCUT2D eigenvalue weighted by Gasteiger charge is 2.30. The molecule has 36 heavy (non-hydrogen) atoms. The van der Waals surface area contributed by atoms with Gasteiger partial charge >= 0.3 is 6.03 Å². The molecule has 0 fully saturated rings. The number of aliphatic hydroxyl groups is 1. The van der Waals surface area contributed by atoms with Crippen LogP contribution in [0.3, 0.4) is 0 Å². The predicted molar refractivity (Wildman–Crippen MR) is 137 cm³/mol. The molecule has 0 saturated heterocycles. The number of anilines is 1. The zero-order chi connectivity index (χ0) is 27.1. The first-order chi connectivity index (χ1) is 17.1. The summed E-state index contributed by atoms with van der Waals surface area (Å²) in [6.45, 7) is 4.16. The molecule has 202 valence electrons. The Morgan fingerprint density at radius 3 is 2.14 bits per heavy atom. The van der Waals surface area contributed by atoms with Gasteiger partial charge in [-0.3, -0.25) is 14.4 Å². The molecule has 3 atom stereocenters. The third kappa shape index (κ3) is 11.5. The Balaban J connectivity index is 2.89. The predicted octanol–water partition coefficient (Wildman–Crippen LogP) is -0.352. The van der Waals surface area contributed by atoms with Gasteiger partial charge in [0, 0.05) is 12.2 Å². The van der Waals surface area contributed by atoms with Crippen LogP contribution in [0.2, 0.25) is 0 Å². The van der Waals surface area contributed by atoms with Crippen LogP contribution in [0.25, 0.3) is 0 Å². The van der Waals surface area contributed by atoms with Crippen LogP contribution < -0.4 is 38.5 Å². The van der Waals surface area contributed by atoms with Crippen LogP contribution >= 0.6 is 0 Å². The quantitative estimate of drug-likeness (QED) is 0.139. The van der Waals surface area contributed by atoms with Gasteiger partial charge in [-0.2, -0.15) is 0 Å². The number of urea groups is 1. The van der Waals surface area contributed by atoms with Crippen LogP contribution in [0.15, 0.2) is 24.3 Å². The fourth-order valence-electron chi connectivity index (χ4n) is 3.41. The van der Waals surface area contributed by atoms with E-state index in [2.05, 4.69) is 21.3 Å². The van der Waals surface area contributed by atoms with E-state index in [1.165, 1.54) is 0 Å². The van der Waals surface area contributed by atoms with E-state index in [-0.39, 0.29) is 25.5 Å². The van der Waals surface area contributed by atoms with Gasteiger partial charge in [0.2, 0.25) is 17.7 Å². The van der Waals surface area contributed by atoms with Crippen molar-refractivity contribution in [3.8, 4) is 0 Å². The summed E-state index contributed by atoms with van der Waals surface area (Å²) in [5.41, 5.74) is 17.7. The first kappa shape index (κ1) is 30.8. The smallest absolute Gasteiger partial charge is 0.312 e. The van der Waals surface area contributed by atoms with Crippen molar-refractivity contribution in [3.05, 3.63) is 29.8 Å². The molecule has 0 unspecified atom stereocenters. The summed E-state index contributed by atoms with van der Waals surface area (Å²) in [5, 5.41) is 19.8. The maximum Gasteiger partial charge on any atom is 0.312 e. The second-order valence-corrected chi connectivity index (χ2v) is 8.96. The standard InChI is InChI=1S/C24H41N7O5/c1-15(2)20(31-21(33)18(26)6-3-4-12-25)23(35)30-19(7-5-13-28-24(27)36)22(34)29-17-10-8-16(14-32)9-11-17/h8-11,15,18-20,32H,3-7,12-14,25-26H2,1-2H3,(H,29,34)(H,30,35)(H,31,33)(H3,27,28,36)/t18-,19-,20-/m0/s1. The lowest BCUT2D eigenvalue weighted by atomic mass is 10.0. The molecular formula is C24H41N7O5. The number of carbonyl (C=O) groups excluding carboxylic acids is 4. The van der Waals surface area contributed by atoms with E-state index in [1.54, 1.807) is 38.1 Å². The SMILES string of the molecule is CC(C)[C@H](NC(=O)[C@@H](N)CCCCN)C(=O)N[C@@H](CCCNC(N)=O)C(=O)Nc1ccc(CO)cc1. The average molecular weight is 508 g/mol. The molecule has 5 amide bonds. The molecule has 0 aliphatic heterocycles. The normalized spacial score (nSPS) is 13.4. The number of hydrogen-bond donors (Lipinski definition) is 8. The first-order valence-corrected chi connectivity index (χ1v) is 12.2. The van der Waals surface area contributed by atoms with Crippen LogP contribution in [-0.2, 0) is 21.0 Å². The highest BCUT2D eigenvalue weighted by Crippen LogP contribution is 2.12. The van der Waals surface area contributed by atoms with Crippen molar-refractivity contribution in [1.29, 1.82) is 0 Å². The lowest BCUT2D eigenvalue weighted by molar-refractivity contribution is -0.132. The number of amides is 5. The summed E-state index contributed by atoms with van der Waals surface area (Å²) in [4.78, 5) is 49.6. The molecule has 12 heteroatoms. The van der Waals surface area contributed by atoms with Gasteiger partial charge in [0.1, 0.15) is 12.1 Å². The lowest BCUT2D eigenvalue weighted by Gasteiger charge is -2.26. The van der Waals surface area contributed by atoms with Crippen molar-refractivity contribution < 1.29 is 24.3 Å². The van der Waals surface area contributed by atoms with Crippen molar-refractivity contribution in [2.45, 2.75) is 70.7 Å². The molecule has 0 heterocycles. The van der Waals surface area contributed by atoms with Gasteiger partial charge in [0.05, 0.1) is 12.6 Å². The summed E-state index contributed by atoms with van der Waals surface area (Å²) < 4.78 is 0. The zero-order valence-corrected chi connectivity index (χ0v) is 21.1. The van der Waals surface area contributed by atoms with Crippen LogP contribution in [0, 0.1) is 5.92 Å². The van der Waals surface area contributed by atoms with E-state index in [9.17, 15) is 24.3 Å². The van der Waals surface area contributed by atoms with Crippen LogP contribution in [0.1, 0.15) is 51.5 Å². The van der Waals surface area contributed by atoms with Gasteiger partial charge in [-0.25, -0.2) is 4.79 Å². The molecule has 1 aromatic rings. The fraction of sp³-hybridized carbons (Fsp3) is 0.583. The minimum Gasteiger partial charge on any atom is -0.392 e. The summed E-state index contributed by atoms with van der Waals surface area (Å²) in [7, 11) is 0. The van der Waals surface area contributed by atoms with E-state index < -0.39 is 41.9 Å². The zero-order valence-electron chi connectivity index (χ0n) is 21.1. The summed E-state index contributed by atoms with van der Waals surface area (Å²) in [6, 6.07) is 3.31. The van der Waals surface area contributed by atoms with Crippen molar-refractivity contribution >= 4 is 29.4 Å². The number of primary amides is 1. The summed E-state index contributed by atoms with van der Waals surface area (Å²) in [5.74, 6) is -1.70. The van der Waals surface area contributed by atoms with Gasteiger partial charge in [0.25, 0.3) is 0 Å². The first-order valence-electron chi connectivity index (χ1n) is 12.2. The number of hydrogen-bond acceptors (Lipinski definition) is 7. The van der Waals surface area contributed by atoms with E-state index in [0.717, 1.165) is 6.42 Å². The number of nitrogens with one attached hydrogen (secondary N) is 4. The monoisotopic (exact) mass is 507 g/mol. The van der Waals surface area contributed by atoms with Crippen molar-refractivity contribution in [2.75, 3.05) is 18.4 Å². The minimum absolute atomic E-state index is 0.126. The molecule has 1 rings (SSSR count). The number of benzene rings is 1. The van der Waals surface area contributed by atoms with Crippen molar-refractivity contribution in [2.24, 2.45) is 23.1 Å². The summed E-state index contributed by atoms with van der Waals surface area (Å²) >= 11 is 0. The Morgan fingerprint density at radius 2 is 1.58 bits per heavy atom. The van der Waals surface area contributed by atoms with Gasteiger partial charge in [-0.1, -0.05) is 32.4 Å². The van der Waals surface area contributed by atoms with Crippen molar-refractivity contribution in [3.63, 3.8) is 0 Å². The number of aliphatic hydroxyl groups excluding tert-OH is 1. The molecule has 0 saturated carbocycles.